The molecule has 0 radical (unpaired) electrons. The molecule has 1 N–H and O–H groups in total. The number of rotatable bonds is 12. The molecule has 0 fully saturated rings. The molecule has 0 spiro atoms. The minimum absolute atomic E-state index is 0.781. The van der Waals surface area contributed by atoms with E-state index in [1.165, 1.54) is 57.8 Å². The van der Waals surface area contributed by atoms with Crippen LogP contribution in [0.3, 0.4) is 0 Å². The Bertz CT molecular complexity index is 174. The molecule has 0 amide bonds. The molecule has 102 valence electrons. The Kier molecular flexibility index (Phi) is 13.4. The van der Waals surface area contributed by atoms with E-state index in [9.17, 15) is 4.79 Å². The molecule has 3 nitrogen and oxygen atoms in total. The van der Waals surface area contributed by atoms with E-state index in [1.54, 1.807) is 0 Å². The van der Waals surface area contributed by atoms with Crippen LogP contribution in [0.25, 0.3) is 0 Å². The minimum atomic E-state index is -1.19. The molecule has 0 saturated heterocycles. The van der Waals surface area contributed by atoms with Gasteiger partial charge in [-0.15, -0.1) is 0 Å². The van der Waals surface area contributed by atoms with Gasteiger partial charge in [-0.3, -0.25) is 0 Å². The summed E-state index contributed by atoms with van der Waals surface area (Å²) in [6.07, 6.45) is 11.8. The molecule has 0 aliphatic carbocycles. The zero-order valence-corrected chi connectivity index (χ0v) is 11.8. The summed E-state index contributed by atoms with van der Waals surface area (Å²) in [7, 11) is 0. The van der Waals surface area contributed by atoms with Gasteiger partial charge in [-0.05, 0) is 6.42 Å². The third-order valence-corrected chi connectivity index (χ3v) is 3.43. The second-order valence-corrected chi connectivity index (χ2v) is 5.16. The summed E-state index contributed by atoms with van der Waals surface area (Å²) in [4.78, 5) is 10.0. The summed E-state index contributed by atoms with van der Waals surface area (Å²) in [5, 5.41) is 8.23. The summed E-state index contributed by atoms with van der Waals surface area (Å²) < 4.78 is 4.36. The maximum atomic E-state index is 10.0. The van der Waals surface area contributed by atoms with Crippen LogP contribution in [0.2, 0.25) is 0 Å². The lowest BCUT2D eigenvalue weighted by atomic mass is 10.1. The first-order valence-corrected chi connectivity index (χ1v) is 7.70. The molecular formula is C13H26O3S. The number of carboxylic acid groups (broad SMARTS) is 1. The number of hydrogen-bond acceptors (Lipinski definition) is 3. The van der Waals surface area contributed by atoms with Gasteiger partial charge in [0.15, 0.2) is 0 Å². The van der Waals surface area contributed by atoms with Crippen LogP contribution in [0.5, 0.6) is 0 Å². The molecular weight excluding hydrogens is 236 g/mol. The van der Waals surface area contributed by atoms with Crippen molar-refractivity contribution in [3.05, 3.63) is 0 Å². The molecule has 0 unspecified atom stereocenters. The second kappa shape index (κ2) is 13.7. The van der Waals surface area contributed by atoms with Crippen LogP contribution in [0.1, 0.15) is 71.1 Å². The Morgan fingerprint density at radius 3 is 1.88 bits per heavy atom. The summed E-state index contributed by atoms with van der Waals surface area (Å²) in [6.45, 7) is 2.24. The van der Waals surface area contributed by atoms with Crippen LogP contribution < -0.4 is 0 Å². The van der Waals surface area contributed by atoms with Crippen LogP contribution >= 0.6 is 12.0 Å². The third kappa shape index (κ3) is 15.6. The molecule has 0 aliphatic heterocycles. The number of hydrogen-bond donors (Lipinski definition) is 1. The molecule has 17 heavy (non-hydrogen) atoms. The van der Waals surface area contributed by atoms with Crippen molar-refractivity contribution in [1.82, 2.24) is 0 Å². The highest BCUT2D eigenvalue weighted by Gasteiger charge is 1.97. The molecule has 0 saturated carbocycles. The van der Waals surface area contributed by atoms with Gasteiger partial charge in [-0.1, -0.05) is 64.7 Å². The maximum Gasteiger partial charge on any atom is 0.518 e. The zero-order chi connectivity index (χ0) is 12.8. The van der Waals surface area contributed by atoms with E-state index in [0.29, 0.717) is 0 Å². The van der Waals surface area contributed by atoms with E-state index in [0.717, 1.165) is 24.2 Å². The molecule has 0 aromatic heterocycles. The quantitative estimate of drug-likeness (QED) is 0.385. The van der Waals surface area contributed by atoms with Crippen molar-refractivity contribution in [1.29, 1.82) is 0 Å². The normalized spacial score (nSPS) is 10.4. The monoisotopic (exact) mass is 262 g/mol. The average Bonchev–Trinajstić information content (AvgIpc) is 2.30. The molecule has 0 rings (SSSR count). The van der Waals surface area contributed by atoms with Crippen molar-refractivity contribution < 1.29 is 14.1 Å². The van der Waals surface area contributed by atoms with Gasteiger partial charge in [-0.25, -0.2) is 4.79 Å². The predicted molar refractivity (Wildman–Crippen MR) is 73.4 cm³/mol. The SMILES string of the molecule is CCCCCCCCCCCCSOC(=O)O. The zero-order valence-electron chi connectivity index (χ0n) is 11.0. The standard InChI is InChI=1S/C13H26O3S/c1-2-3-4-5-6-7-8-9-10-11-12-17-16-13(14)15/h2-12H2,1H3,(H,14,15). The fraction of sp³-hybridized carbons (Fsp3) is 0.923. The van der Waals surface area contributed by atoms with Crippen molar-refractivity contribution in [2.75, 3.05) is 5.75 Å². The molecule has 0 aliphatic rings. The lowest BCUT2D eigenvalue weighted by Gasteiger charge is -2.01. The van der Waals surface area contributed by atoms with E-state index in [1.807, 2.05) is 0 Å². The van der Waals surface area contributed by atoms with Crippen LogP contribution in [0.4, 0.5) is 4.79 Å². The summed E-state index contributed by atoms with van der Waals surface area (Å²) in [5.74, 6) is 0.781. The first-order chi connectivity index (χ1) is 8.27. The third-order valence-electron chi connectivity index (χ3n) is 2.71. The van der Waals surface area contributed by atoms with Gasteiger partial charge in [0, 0.05) is 5.75 Å². The lowest BCUT2D eigenvalue weighted by molar-refractivity contribution is 0.153. The minimum Gasteiger partial charge on any atom is -0.449 e. The van der Waals surface area contributed by atoms with E-state index in [-0.39, 0.29) is 0 Å². The van der Waals surface area contributed by atoms with Crippen molar-refractivity contribution in [2.45, 2.75) is 71.1 Å². The Balaban J connectivity index is 2.91. The Morgan fingerprint density at radius 1 is 0.941 bits per heavy atom. The highest BCUT2D eigenvalue weighted by molar-refractivity contribution is 7.95. The summed E-state index contributed by atoms with van der Waals surface area (Å²) in [5.41, 5.74) is 0. The molecule has 0 bridgehead atoms. The molecule has 0 aromatic rings. The lowest BCUT2D eigenvalue weighted by Crippen LogP contribution is -1.93. The Morgan fingerprint density at radius 2 is 1.41 bits per heavy atom. The first-order valence-electron chi connectivity index (χ1n) is 6.79. The maximum absolute atomic E-state index is 10.0. The highest BCUT2D eigenvalue weighted by Crippen LogP contribution is 2.12. The molecule has 4 heteroatoms. The molecule has 0 heterocycles. The smallest absolute Gasteiger partial charge is 0.449 e. The van der Waals surface area contributed by atoms with Crippen molar-refractivity contribution in [3.8, 4) is 0 Å². The molecule has 0 aromatic carbocycles. The van der Waals surface area contributed by atoms with Gasteiger partial charge in [0.05, 0.1) is 12.0 Å². The van der Waals surface area contributed by atoms with E-state index in [4.69, 9.17) is 5.11 Å². The van der Waals surface area contributed by atoms with Crippen LogP contribution in [-0.2, 0) is 4.18 Å². The van der Waals surface area contributed by atoms with Gasteiger partial charge in [-0.2, -0.15) is 0 Å². The summed E-state index contributed by atoms with van der Waals surface area (Å²) in [6, 6.07) is 0. The van der Waals surface area contributed by atoms with Crippen LogP contribution in [-0.4, -0.2) is 17.0 Å². The second-order valence-electron chi connectivity index (χ2n) is 4.35. The van der Waals surface area contributed by atoms with Gasteiger partial charge in [0.25, 0.3) is 0 Å². The van der Waals surface area contributed by atoms with Gasteiger partial charge < -0.3 is 9.29 Å². The fourth-order valence-electron chi connectivity index (χ4n) is 1.74. The first kappa shape index (κ1) is 16.6. The van der Waals surface area contributed by atoms with Crippen molar-refractivity contribution >= 4 is 18.2 Å². The highest BCUT2D eigenvalue weighted by atomic mass is 32.2. The van der Waals surface area contributed by atoms with Crippen LogP contribution in [0.15, 0.2) is 0 Å². The van der Waals surface area contributed by atoms with Crippen molar-refractivity contribution in [2.24, 2.45) is 0 Å². The number of unbranched alkanes of at least 4 members (excludes halogenated alkanes) is 9. The van der Waals surface area contributed by atoms with E-state index >= 15 is 0 Å². The van der Waals surface area contributed by atoms with Crippen molar-refractivity contribution in [3.63, 3.8) is 0 Å². The topological polar surface area (TPSA) is 46.5 Å². The number of carbonyl (C=O) groups is 1. The average molecular weight is 262 g/mol. The van der Waals surface area contributed by atoms with Gasteiger partial charge >= 0.3 is 6.16 Å². The largest absolute Gasteiger partial charge is 0.518 e. The Hall–Kier alpha value is -0.380. The Labute approximate surface area is 110 Å². The summed E-state index contributed by atoms with van der Waals surface area (Å²) >= 11 is 1.04. The molecule has 0 atom stereocenters. The van der Waals surface area contributed by atoms with E-state index in [2.05, 4.69) is 11.1 Å². The van der Waals surface area contributed by atoms with E-state index < -0.39 is 6.16 Å². The van der Waals surface area contributed by atoms with Crippen LogP contribution in [0, 0.1) is 0 Å². The predicted octanol–water partition coefficient (Wildman–Crippen LogP) is 5.25. The van der Waals surface area contributed by atoms with Gasteiger partial charge in [0.1, 0.15) is 0 Å². The fourth-order valence-corrected chi connectivity index (χ4v) is 2.25. The van der Waals surface area contributed by atoms with Gasteiger partial charge in [0.2, 0.25) is 0 Å².